The Labute approximate surface area is 168 Å². The third-order valence-electron chi connectivity index (χ3n) is 3.62. The van der Waals surface area contributed by atoms with Crippen molar-refractivity contribution < 1.29 is 32.6 Å². The molecule has 10 heteroatoms. The van der Waals surface area contributed by atoms with Crippen molar-refractivity contribution in [2.75, 3.05) is 30.5 Å². The monoisotopic (exact) mass is 420 g/mol. The molecule has 1 amide bonds. The topological polar surface area (TPSA) is 131 Å². The Morgan fingerprint density at radius 1 is 1.07 bits per heavy atom. The first-order valence-electron chi connectivity index (χ1n) is 8.19. The summed E-state index contributed by atoms with van der Waals surface area (Å²) in [6.07, 6.45) is 3.82. The predicted octanol–water partition coefficient (Wildman–Crippen LogP) is 2.43. The van der Waals surface area contributed by atoms with Crippen LogP contribution in [0.5, 0.6) is 11.5 Å². The predicted molar refractivity (Wildman–Crippen MR) is 109 cm³/mol. The van der Waals surface area contributed by atoms with Gasteiger partial charge in [0.2, 0.25) is 15.9 Å². The van der Waals surface area contributed by atoms with Crippen LogP contribution >= 0.6 is 0 Å². The molecule has 0 atom stereocenters. The number of rotatable bonds is 8. The van der Waals surface area contributed by atoms with Crippen LogP contribution < -0.4 is 19.5 Å². The fourth-order valence-electron chi connectivity index (χ4n) is 2.40. The molecule has 0 fully saturated rings. The van der Waals surface area contributed by atoms with Crippen molar-refractivity contribution in [3.8, 4) is 11.5 Å². The summed E-state index contributed by atoms with van der Waals surface area (Å²) in [6, 6.07) is 8.93. The van der Waals surface area contributed by atoms with Gasteiger partial charge in [-0.1, -0.05) is 12.1 Å². The number of carboxylic acids is 1. The number of carboxylic acid groups (broad SMARTS) is 1. The first-order chi connectivity index (χ1) is 13.6. The normalized spacial score (nSPS) is 11.1. The van der Waals surface area contributed by atoms with Crippen LogP contribution in [0.4, 0.5) is 11.4 Å². The summed E-state index contributed by atoms with van der Waals surface area (Å²) >= 11 is 0. The van der Waals surface area contributed by atoms with E-state index in [1.54, 1.807) is 24.3 Å². The van der Waals surface area contributed by atoms with Gasteiger partial charge in [0.1, 0.15) is 0 Å². The fourth-order valence-corrected chi connectivity index (χ4v) is 2.97. The van der Waals surface area contributed by atoms with Crippen LogP contribution in [-0.2, 0) is 14.8 Å². The second kappa shape index (κ2) is 9.11. The first-order valence-corrected chi connectivity index (χ1v) is 10.1. The number of carbonyl (C=O) groups is 2. The summed E-state index contributed by atoms with van der Waals surface area (Å²) in [4.78, 5) is 23.5. The van der Waals surface area contributed by atoms with Crippen LogP contribution in [0.25, 0.3) is 6.08 Å². The molecule has 0 unspecified atom stereocenters. The Kier molecular flexibility index (Phi) is 6.84. The largest absolute Gasteiger partial charge is 0.493 e. The van der Waals surface area contributed by atoms with Crippen molar-refractivity contribution in [1.29, 1.82) is 0 Å². The molecule has 0 bridgehead atoms. The molecule has 29 heavy (non-hydrogen) atoms. The number of hydrogen-bond donors (Lipinski definition) is 3. The van der Waals surface area contributed by atoms with E-state index in [1.807, 2.05) is 0 Å². The minimum absolute atomic E-state index is 0.0732. The van der Waals surface area contributed by atoms with Gasteiger partial charge in [-0.2, -0.15) is 0 Å². The quantitative estimate of drug-likeness (QED) is 0.559. The Morgan fingerprint density at radius 3 is 2.24 bits per heavy atom. The number of nitrogens with one attached hydrogen (secondary N) is 2. The summed E-state index contributed by atoms with van der Waals surface area (Å²) in [7, 11) is -0.639. The van der Waals surface area contributed by atoms with Crippen LogP contribution in [0.2, 0.25) is 0 Å². The van der Waals surface area contributed by atoms with E-state index in [4.69, 9.17) is 9.47 Å². The van der Waals surface area contributed by atoms with Crippen molar-refractivity contribution >= 4 is 39.4 Å². The maximum atomic E-state index is 12.3. The Balaban J connectivity index is 2.18. The molecular formula is C19H20N2O7S. The number of aromatic carboxylic acids is 1. The molecule has 2 aromatic carbocycles. The van der Waals surface area contributed by atoms with Crippen LogP contribution in [-0.4, -0.2) is 45.9 Å². The van der Waals surface area contributed by atoms with Crippen molar-refractivity contribution in [2.24, 2.45) is 0 Å². The van der Waals surface area contributed by atoms with Crippen LogP contribution in [0.15, 0.2) is 42.5 Å². The second-order valence-electron chi connectivity index (χ2n) is 5.88. The molecule has 0 aromatic heterocycles. The van der Waals surface area contributed by atoms with E-state index in [0.717, 1.165) is 6.26 Å². The van der Waals surface area contributed by atoms with Crippen molar-refractivity contribution in [1.82, 2.24) is 0 Å². The van der Waals surface area contributed by atoms with Crippen LogP contribution in [0.3, 0.4) is 0 Å². The molecular weight excluding hydrogens is 400 g/mol. The van der Waals surface area contributed by atoms with Crippen LogP contribution in [0.1, 0.15) is 15.9 Å². The number of hydrogen-bond acceptors (Lipinski definition) is 6. The highest BCUT2D eigenvalue weighted by Crippen LogP contribution is 2.36. The average Bonchev–Trinajstić information content (AvgIpc) is 2.65. The maximum Gasteiger partial charge on any atom is 0.335 e. The second-order valence-corrected chi connectivity index (χ2v) is 7.63. The van der Waals surface area contributed by atoms with Gasteiger partial charge in [-0.3, -0.25) is 9.52 Å². The zero-order chi connectivity index (χ0) is 21.6. The minimum Gasteiger partial charge on any atom is -0.493 e. The van der Waals surface area contributed by atoms with E-state index in [-0.39, 0.29) is 22.7 Å². The van der Waals surface area contributed by atoms with Gasteiger partial charge in [-0.15, -0.1) is 0 Å². The van der Waals surface area contributed by atoms with Crippen molar-refractivity contribution in [3.63, 3.8) is 0 Å². The SMILES string of the molecule is COc1cc(C(=O)O)cc(NC(=O)C=Cc2ccc(NS(C)(=O)=O)cc2)c1OC. The van der Waals surface area contributed by atoms with Crippen molar-refractivity contribution in [3.05, 3.63) is 53.6 Å². The van der Waals surface area contributed by atoms with E-state index >= 15 is 0 Å². The van der Waals surface area contributed by atoms with Gasteiger partial charge in [0.25, 0.3) is 0 Å². The molecule has 2 rings (SSSR count). The number of amides is 1. The summed E-state index contributed by atoms with van der Waals surface area (Å²) in [6.45, 7) is 0. The molecule has 0 saturated heterocycles. The average molecular weight is 420 g/mol. The lowest BCUT2D eigenvalue weighted by Crippen LogP contribution is -2.11. The zero-order valence-corrected chi connectivity index (χ0v) is 16.7. The Hall–Kier alpha value is -3.53. The molecule has 0 aliphatic heterocycles. The van der Waals surface area contributed by atoms with E-state index in [0.29, 0.717) is 11.3 Å². The molecule has 0 spiro atoms. The third kappa shape index (κ3) is 6.25. The highest BCUT2D eigenvalue weighted by molar-refractivity contribution is 7.92. The fraction of sp³-hybridized carbons (Fsp3) is 0.158. The number of carbonyl (C=O) groups excluding carboxylic acids is 1. The molecule has 0 aliphatic rings. The minimum atomic E-state index is -3.37. The molecule has 3 N–H and O–H groups in total. The third-order valence-corrected chi connectivity index (χ3v) is 4.23. The van der Waals surface area contributed by atoms with Gasteiger partial charge < -0.3 is 19.9 Å². The highest BCUT2D eigenvalue weighted by Gasteiger charge is 2.17. The van der Waals surface area contributed by atoms with Gasteiger partial charge in [0.05, 0.1) is 31.7 Å². The molecule has 9 nitrogen and oxygen atoms in total. The highest BCUT2D eigenvalue weighted by atomic mass is 32.2. The zero-order valence-electron chi connectivity index (χ0n) is 15.9. The van der Waals surface area contributed by atoms with E-state index in [2.05, 4.69) is 10.0 Å². The number of ether oxygens (including phenoxy) is 2. The van der Waals surface area contributed by atoms with E-state index in [1.165, 1.54) is 38.5 Å². The molecule has 0 heterocycles. The molecule has 154 valence electrons. The molecule has 0 saturated carbocycles. The summed E-state index contributed by atoms with van der Waals surface area (Å²) in [5.41, 5.74) is 1.13. The number of methoxy groups -OCH3 is 2. The summed E-state index contributed by atoms with van der Waals surface area (Å²) in [5.74, 6) is -1.35. The number of anilines is 2. The summed E-state index contributed by atoms with van der Waals surface area (Å²) in [5, 5.41) is 11.8. The first kappa shape index (κ1) is 21.8. The molecule has 0 radical (unpaired) electrons. The lowest BCUT2D eigenvalue weighted by Gasteiger charge is -2.14. The number of benzene rings is 2. The van der Waals surface area contributed by atoms with Gasteiger partial charge >= 0.3 is 5.97 Å². The van der Waals surface area contributed by atoms with Gasteiger partial charge in [-0.05, 0) is 35.9 Å². The standard InChI is InChI=1S/C19H20N2O7S/c1-27-16-11-13(19(23)24)10-15(18(16)28-2)20-17(22)9-6-12-4-7-14(8-5-12)21-29(3,25)26/h4-11,21H,1-3H3,(H,20,22)(H,23,24). The van der Waals surface area contributed by atoms with Gasteiger partial charge in [0, 0.05) is 11.8 Å². The maximum absolute atomic E-state index is 12.3. The molecule has 0 aliphatic carbocycles. The smallest absolute Gasteiger partial charge is 0.335 e. The van der Waals surface area contributed by atoms with Gasteiger partial charge in [0.15, 0.2) is 11.5 Å². The summed E-state index contributed by atoms with van der Waals surface area (Å²) < 4.78 is 35.1. The van der Waals surface area contributed by atoms with Crippen LogP contribution in [0, 0.1) is 0 Å². The van der Waals surface area contributed by atoms with E-state index < -0.39 is 21.9 Å². The van der Waals surface area contributed by atoms with Crippen molar-refractivity contribution in [2.45, 2.75) is 0 Å². The van der Waals surface area contributed by atoms with E-state index in [9.17, 15) is 23.1 Å². The van der Waals surface area contributed by atoms with Gasteiger partial charge in [-0.25, -0.2) is 13.2 Å². The Bertz CT molecular complexity index is 1040. The lowest BCUT2D eigenvalue weighted by molar-refractivity contribution is -0.111. The number of sulfonamides is 1. The Morgan fingerprint density at radius 2 is 1.72 bits per heavy atom. The lowest BCUT2D eigenvalue weighted by atomic mass is 10.1. The molecule has 2 aromatic rings.